The van der Waals surface area contributed by atoms with Gasteiger partial charge >= 0.3 is 0 Å². The monoisotopic (exact) mass is 308 g/mol. The third-order valence-electron chi connectivity index (χ3n) is 2.86. The Morgan fingerprint density at radius 1 is 0.682 bits per heavy atom. The second-order valence-electron chi connectivity index (χ2n) is 6.98. The predicted molar refractivity (Wildman–Crippen MR) is 92.3 cm³/mol. The molecule has 0 aliphatic rings. The first kappa shape index (κ1) is 18.7. The third-order valence-corrected chi connectivity index (χ3v) is 2.86. The van der Waals surface area contributed by atoms with Crippen molar-refractivity contribution in [2.24, 2.45) is 5.92 Å². The van der Waals surface area contributed by atoms with E-state index in [2.05, 4.69) is 19.9 Å². The summed E-state index contributed by atoms with van der Waals surface area (Å²) in [7, 11) is 0. The lowest BCUT2D eigenvalue weighted by Crippen LogP contribution is -2.15. The molecule has 0 saturated heterocycles. The first-order valence-electron chi connectivity index (χ1n) is 8.36. The third kappa shape index (κ3) is 5.78. The Bertz CT molecular complexity index is 419. The van der Waals surface area contributed by atoms with Gasteiger partial charge in [0.05, 0.1) is 18.3 Å². The second kappa shape index (κ2) is 8.30. The van der Waals surface area contributed by atoms with Crippen LogP contribution in [0.4, 0.5) is 0 Å². The van der Waals surface area contributed by atoms with Gasteiger partial charge in [-0.05, 0) is 65.5 Å². The van der Waals surface area contributed by atoms with Crippen LogP contribution in [-0.2, 0) is 6.42 Å². The summed E-state index contributed by atoms with van der Waals surface area (Å²) in [5.41, 5.74) is 1.18. The van der Waals surface area contributed by atoms with Gasteiger partial charge in [-0.2, -0.15) is 0 Å². The highest BCUT2D eigenvalue weighted by Crippen LogP contribution is 2.42. The molecule has 0 N–H and O–H groups in total. The molecule has 0 fully saturated rings. The van der Waals surface area contributed by atoms with Crippen LogP contribution >= 0.6 is 0 Å². The summed E-state index contributed by atoms with van der Waals surface area (Å²) in [6.07, 6.45) is 1.21. The highest BCUT2D eigenvalue weighted by atomic mass is 16.6. The van der Waals surface area contributed by atoms with Crippen LogP contribution < -0.4 is 14.2 Å². The van der Waals surface area contributed by atoms with Gasteiger partial charge in [0.15, 0.2) is 11.5 Å². The van der Waals surface area contributed by atoms with Crippen molar-refractivity contribution < 1.29 is 14.2 Å². The largest absolute Gasteiger partial charge is 0.487 e. The summed E-state index contributed by atoms with van der Waals surface area (Å²) in [5, 5.41) is 0. The minimum absolute atomic E-state index is 0.0679. The molecule has 3 nitrogen and oxygen atoms in total. The second-order valence-corrected chi connectivity index (χ2v) is 6.98. The van der Waals surface area contributed by atoms with Gasteiger partial charge in [-0.25, -0.2) is 0 Å². The summed E-state index contributed by atoms with van der Waals surface area (Å²) in [5.74, 6) is 2.87. The smallest absolute Gasteiger partial charge is 0.204 e. The van der Waals surface area contributed by atoms with Gasteiger partial charge in [-0.3, -0.25) is 0 Å². The maximum absolute atomic E-state index is 6.10. The topological polar surface area (TPSA) is 27.7 Å². The van der Waals surface area contributed by atoms with Gasteiger partial charge in [0.2, 0.25) is 5.75 Å². The molecule has 3 heteroatoms. The molecule has 0 radical (unpaired) electrons. The molecule has 0 atom stereocenters. The fourth-order valence-electron chi connectivity index (χ4n) is 2.24. The quantitative estimate of drug-likeness (QED) is 0.656. The summed E-state index contributed by atoms with van der Waals surface area (Å²) in [4.78, 5) is 0. The molecular weight excluding hydrogens is 276 g/mol. The van der Waals surface area contributed by atoms with Crippen LogP contribution in [0.1, 0.15) is 61.0 Å². The maximum atomic E-state index is 6.10. The minimum atomic E-state index is 0.0679. The molecule has 0 bridgehead atoms. The normalized spacial score (nSPS) is 11.6. The van der Waals surface area contributed by atoms with Crippen molar-refractivity contribution in [2.45, 2.75) is 80.1 Å². The van der Waals surface area contributed by atoms with Crippen molar-refractivity contribution in [2.75, 3.05) is 0 Å². The maximum Gasteiger partial charge on any atom is 0.204 e. The fourth-order valence-corrected chi connectivity index (χ4v) is 2.24. The van der Waals surface area contributed by atoms with Crippen LogP contribution in [0.3, 0.4) is 0 Å². The Morgan fingerprint density at radius 3 is 1.64 bits per heavy atom. The lowest BCUT2D eigenvalue weighted by molar-refractivity contribution is 0.175. The molecule has 0 aromatic heterocycles. The van der Waals surface area contributed by atoms with Gasteiger partial charge in [-0.15, -0.1) is 0 Å². The van der Waals surface area contributed by atoms with E-state index in [1.54, 1.807) is 0 Å². The molecule has 0 aliphatic carbocycles. The van der Waals surface area contributed by atoms with E-state index >= 15 is 0 Å². The number of hydrogen-bond donors (Lipinski definition) is 0. The van der Waals surface area contributed by atoms with Crippen molar-refractivity contribution in [1.82, 2.24) is 0 Å². The first-order chi connectivity index (χ1) is 10.2. The average molecular weight is 308 g/mol. The SMILES string of the molecule is CC(C)Cc1ccc(OC(C)C)c(OC(C)C)c1OC(C)C. The van der Waals surface area contributed by atoms with Crippen LogP contribution in [-0.4, -0.2) is 18.3 Å². The molecule has 1 aromatic rings. The van der Waals surface area contributed by atoms with Gasteiger partial charge in [0, 0.05) is 0 Å². The van der Waals surface area contributed by atoms with E-state index in [0.717, 1.165) is 23.7 Å². The molecule has 0 unspecified atom stereocenters. The number of benzene rings is 1. The molecule has 0 amide bonds. The average Bonchev–Trinajstić information content (AvgIpc) is 2.34. The molecular formula is C19H32O3. The van der Waals surface area contributed by atoms with Crippen LogP contribution in [0.2, 0.25) is 0 Å². The zero-order valence-electron chi connectivity index (χ0n) is 15.4. The molecule has 126 valence electrons. The standard InChI is InChI=1S/C19H32O3/c1-12(2)11-16-9-10-17(20-13(3)4)19(22-15(7)8)18(16)21-14(5)6/h9-10,12-15H,11H2,1-8H3. The van der Waals surface area contributed by atoms with E-state index in [-0.39, 0.29) is 18.3 Å². The molecule has 0 aliphatic heterocycles. The molecule has 22 heavy (non-hydrogen) atoms. The Labute approximate surface area is 136 Å². The molecule has 0 spiro atoms. The van der Waals surface area contributed by atoms with Gasteiger partial charge in [0.25, 0.3) is 0 Å². The van der Waals surface area contributed by atoms with Gasteiger partial charge in [-0.1, -0.05) is 19.9 Å². The van der Waals surface area contributed by atoms with Crippen LogP contribution in [0.25, 0.3) is 0 Å². The van der Waals surface area contributed by atoms with E-state index in [4.69, 9.17) is 14.2 Å². The summed E-state index contributed by atoms with van der Waals surface area (Å²) >= 11 is 0. The van der Waals surface area contributed by atoms with E-state index in [1.165, 1.54) is 5.56 Å². The van der Waals surface area contributed by atoms with Crippen molar-refractivity contribution in [3.63, 3.8) is 0 Å². The highest BCUT2D eigenvalue weighted by molar-refractivity contribution is 5.56. The number of rotatable bonds is 8. The highest BCUT2D eigenvalue weighted by Gasteiger charge is 2.21. The number of ether oxygens (including phenoxy) is 3. The van der Waals surface area contributed by atoms with E-state index in [0.29, 0.717) is 5.92 Å². The molecule has 1 aromatic carbocycles. The van der Waals surface area contributed by atoms with Crippen LogP contribution in [0.15, 0.2) is 12.1 Å². The molecule has 0 heterocycles. The first-order valence-corrected chi connectivity index (χ1v) is 8.36. The van der Waals surface area contributed by atoms with Crippen LogP contribution in [0, 0.1) is 5.92 Å². The Kier molecular flexibility index (Phi) is 7.05. The van der Waals surface area contributed by atoms with Crippen molar-refractivity contribution in [1.29, 1.82) is 0 Å². The zero-order chi connectivity index (χ0) is 16.9. The Balaban J connectivity index is 3.36. The minimum Gasteiger partial charge on any atom is -0.487 e. The lowest BCUT2D eigenvalue weighted by Gasteiger charge is -2.24. The molecule has 1 rings (SSSR count). The Morgan fingerprint density at radius 2 is 1.18 bits per heavy atom. The van der Waals surface area contributed by atoms with Crippen molar-refractivity contribution in [3.8, 4) is 17.2 Å². The van der Waals surface area contributed by atoms with E-state index < -0.39 is 0 Å². The van der Waals surface area contributed by atoms with Gasteiger partial charge < -0.3 is 14.2 Å². The summed E-state index contributed by atoms with van der Waals surface area (Å²) in [6, 6.07) is 4.10. The Hall–Kier alpha value is -1.38. The van der Waals surface area contributed by atoms with Crippen LogP contribution in [0.5, 0.6) is 17.2 Å². The summed E-state index contributed by atoms with van der Waals surface area (Å²) < 4.78 is 18.1. The van der Waals surface area contributed by atoms with Crippen molar-refractivity contribution in [3.05, 3.63) is 17.7 Å². The van der Waals surface area contributed by atoms with E-state index in [9.17, 15) is 0 Å². The molecule has 0 saturated carbocycles. The fraction of sp³-hybridized carbons (Fsp3) is 0.684. The van der Waals surface area contributed by atoms with Crippen molar-refractivity contribution >= 4 is 0 Å². The predicted octanol–water partition coefficient (Wildman–Crippen LogP) is 5.25. The zero-order valence-corrected chi connectivity index (χ0v) is 15.4. The summed E-state index contributed by atoms with van der Waals surface area (Å²) in [6.45, 7) is 16.6. The number of hydrogen-bond acceptors (Lipinski definition) is 3. The van der Waals surface area contributed by atoms with Gasteiger partial charge in [0.1, 0.15) is 0 Å². The van der Waals surface area contributed by atoms with E-state index in [1.807, 2.05) is 47.6 Å². The lowest BCUT2D eigenvalue weighted by atomic mass is 10.0.